The van der Waals surface area contributed by atoms with Crippen molar-refractivity contribution in [2.75, 3.05) is 26.4 Å². The summed E-state index contributed by atoms with van der Waals surface area (Å²) in [5.41, 5.74) is -0.857. The lowest BCUT2D eigenvalue weighted by molar-refractivity contribution is -0.241. The summed E-state index contributed by atoms with van der Waals surface area (Å²) in [5, 5.41) is 22.2. The largest absolute Gasteiger partial charge is 0.473 e. The number of carbonyl (C=O) groups is 1. The van der Waals surface area contributed by atoms with Gasteiger partial charge < -0.3 is 34.6 Å². The minimum Gasteiger partial charge on any atom is -0.394 e. The van der Waals surface area contributed by atoms with Crippen molar-refractivity contribution in [2.45, 2.75) is 168 Å². The van der Waals surface area contributed by atoms with Gasteiger partial charge in [0, 0.05) is 26.6 Å². The van der Waals surface area contributed by atoms with Crippen LogP contribution in [0.5, 0.6) is 0 Å². The first-order valence-electron chi connectivity index (χ1n) is 16.6. The van der Waals surface area contributed by atoms with Gasteiger partial charge in [-0.1, -0.05) is 78.6 Å². The summed E-state index contributed by atoms with van der Waals surface area (Å²) >= 11 is 0. The van der Waals surface area contributed by atoms with Crippen LogP contribution in [0.3, 0.4) is 0 Å². The molecule has 1 fully saturated rings. The molecule has 1 aliphatic heterocycles. The summed E-state index contributed by atoms with van der Waals surface area (Å²) in [5.74, 6) is -0.205. The number of hydrogen-bond donors (Lipinski definition) is 4. The Morgan fingerprint density at radius 2 is 1.45 bits per heavy atom. The van der Waals surface area contributed by atoms with E-state index in [1.165, 1.54) is 45.4 Å². The van der Waals surface area contributed by atoms with Crippen LogP contribution < -0.4 is 5.32 Å². The maximum Gasteiger partial charge on any atom is 0.473 e. The second kappa shape index (κ2) is 21.3. The van der Waals surface area contributed by atoms with Gasteiger partial charge in [0.05, 0.1) is 37.1 Å². The van der Waals surface area contributed by atoms with Gasteiger partial charge in [0.2, 0.25) is 5.91 Å². The highest BCUT2D eigenvalue weighted by Gasteiger charge is 2.38. The molecule has 11 nitrogen and oxygen atoms in total. The van der Waals surface area contributed by atoms with Gasteiger partial charge in [0.25, 0.3) is 0 Å². The van der Waals surface area contributed by atoms with Crippen molar-refractivity contribution in [3.05, 3.63) is 0 Å². The van der Waals surface area contributed by atoms with E-state index >= 15 is 0 Å². The highest BCUT2D eigenvalue weighted by Crippen LogP contribution is 2.49. The minimum absolute atomic E-state index is 0.0781. The molecule has 0 aromatic heterocycles. The number of hydrogen-bond acceptors (Lipinski definition) is 9. The molecular weight excluding hydrogens is 589 g/mol. The van der Waals surface area contributed by atoms with E-state index in [0.29, 0.717) is 26.1 Å². The van der Waals surface area contributed by atoms with E-state index in [1.54, 1.807) is 20.8 Å². The molecule has 0 aromatic carbocycles. The van der Waals surface area contributed by atoms with Crippen LogP contribution in [0.2, 0.25) is 0 Å². The van der Waals surface area contributed by atoms with Gasteiger partial charge in [-0.15, -0.1) is 0 Å². The number of aliphatic hydroxyl groups is 2. The van der Waals surface area contributed by atoms with Gasteiger partial charge in [-0.3, -0.25) is 13.8 Å². The number of aliphatic hydroxyl groups excluding tert-OH is 2. The van der Waals surface area contributed by atoms with Gasteiger partial charge in [-0.2, -0.15) is 0 Å². The van der Waals surface area contributed by atoms with Gasteiger partial charge >= 0.3 is 7.82 Å². The fourth-order valence-electron chi connectivity index (χ4n) is 5.27. The molecule has 0 aromatic rings. The lowest BCUT2D eigenvalue weighted by Gasteiger charge is -2.38. The van der Waals surface area contributed by atoms with Crippen molar-refractivity contribution < 1.29 is 47.7 Å². The normalized spacial score (nSPS) is 23.3. The standard InChI is InChI=1S/C32H64NO10P/c1-25(35)33-27-21-28(36)29(23-34)41-30(27)40-20-18-16-14-12-10-8-9-11-13-15-17-19-39-24-26(22-31(2,3)4)42-44(37,38)43-32(5,6)7/h26-30,34,36H,8-24H2,1-7H3,(H,33,35)(H,37,38)/t26-,27-,28-,29-,30-/m1/s1. The predicted molar refractivity (Wildman–Crippen MR) is 171 cm³/mol. The third-order valence-electron chi connectivity index (χ3n) is 7.16. The minimum atomic E-state index is -4.18. The van der Waals surface area contributed by atoms with Crippen molar-refractivity contribution in [2.24, 2.45) is 5.41 Å². The summed E-state index contributed by atoms with van der Waals surface area (Å²) in [6.07, 6.45) is 10.6. The Morgan fingerprint density at radius 1 is 0.932 bits per heavy atom. The molecule has 262 valence electrons. The van der Waals surface area contributed by atoms with Crippen molar-refractivity contribution >= 4 is 13.7 Å². The number of phosphoric ester groups is 1. The summed E-state index contributed by atoms with van der Waals surface area (Å²) < 4.78 is 40.5. The van der Waals surface area contributed by atoms with Crippen LogP contribution >= 0.6 is 7.82 Å². The first kappa shape index (κ1) is 41.4. The second-order valence-corrected chi connectivity index (χ2v) is 15.7. The third kappa shape index (κ3) is 21.2. The average molecular weight is 654 g/mol. The van der Waals surface area contributed by atoms with Crippen molar-refractivity contribution in [3.63, 3.8) is 0 Å². The first-order valence-corrected chi connectivity index (χ1v) is 18.1. The molecule has 0 radical (unpaired) electrons. The number of rotatable bonds is 23. The van der Waals surface area contributed by atoms with E-state index in [4.69, 9.17) is 23.3 Å². The number of amides is 1. The zero-order chi connectivity index (χ0) is 33.2. The van der Waals surface area contributed by atoms with Gasteiger partial charge in [-0.25, -0.2) is 4.57 Å². The first-order chi connectivity index (χ1) is 20.5. The monoisotopic (exact) mass is 653 g/mol. The molecule has 1 rings (SSSR count). The summed E-state index contributed by atoms with van der Waals surface area (Å²) in [6, 6.07) is -0.425. The van der Waals surface area contributed by atoms with Crippen LogP contribution in [0.25, 0.3) is 0 Å². The molecule has 1 heterocycles. The second-order valence-electron chi connectivity index (χ2n) is 14.3. The van der Waals surface area contributed by atoms with Gasteiger partial charge in [-0.05, 0) is 45.4 Å². The Kier molecular flexibility index (Phi) is 20.0. The molecule has 6 atom stereocenters. The number of phosphoric acid groups is 1. The van der Waals surface area contributed by atoms with Crippen LogP contribution in [0, 0.1) is 5.41 Å². The summed E-state index contributed by atoms with van der Waals surface area (Å²) in [6.45, 7) is 13.9. The molecule has 0 saturated carbocycles. The summed E-state index contributed by atoms with van der Waals surface area (Å²) in [7, 11) is -4.18. The molecule has 1 amide bonds. The van der Waals surface area contributed by atoms with Crippen LogP contribution in [0.1, 0.15) is 132 Å². The van der Waals surface area contributed by atoms with Crippen molar-refractivity contribution in [3.8, 4) is 0 Å². The molecular formula is C32H64NO10P. The molecule has 0 spiro atoms. The van der Waals surface area contributed by atoms with Gasteiger partial charge in [0.15, 0.2) is 6.29 Å². The maximum absolute atomic E-state index is 12.4. The molecule has 1 saturated heterocycles. The maximum atomic E-state index is 12.4. The van der Waals surface area contributed by atoms with E-state index in [1.807, 2.05) is 0 Å². The van der Waals surface area contributed by atoms with Gasteiger partial charge in [0.1, 0.15) is 6.10 Å². The predicted octanol–water partition coefficient (Wildman–Crippen LogP) is 6.02. The highest BCUT2D eigenvalue weighted by molar-refractivity contribution is 7.47. The average Bonchev–Trinajstić information content (AvgIpc) is 2.86. The number of unbranched alkanes of at least 4 members (excludes halogenated alkanes) is 10. The van der Waals surface area contributed by atoms with E-state index < -0.39 is 44.1 Å². The Labute approximate surface area is 266 Å². The zero-order valence-corrected chi connectivity index (χ0v) is 29.4. The number of carbonyl (C=O) groups excluding carboxylic acids is 1. The number of nitrogens with one attached hydrogen (secondary N) is 1. The van der Waals surface area contributed by atoms with E-state index in [-0.39, 0.29) is 24.5 Å². The van der Waals surface area contributed by atoms with Crippen molar-refractivity contribution in [1.29, 1.82) is 0 Å². The fraction of sp³-hybridized carbons (Fsp3) is 0.969. The van der Waals surface area contributed by atoms with Crippen LogP contribution in [0.4, 0.5) is 0 Å². The Morgan fingerprint density at radius 3 is 1.93 bits per heavy atom. The lowest BCUT2D eigenvalue weighted by atomic mass is 9.89. The molecule has 0 bridgehead atoms. The molecule has 1 unspecified atom stereocenters. The molecule has 12 heteroatoms. The molecule has 0 aliphatic carbocycles. The van der Waals surface area contributed by atoms with E-state index in [0.717, 1.165) is 32.1 Å². The smallest absolute Gasteiger partial charge is 0.394 e. The Balaban J connectivity index is 2.07. The quantitative estimate of drug-likeness (QED) is 0.0761. The zero-order valence-electron chi connectivity index (χ0n) is 28.6. The molecule has 1 aliphatic rings. The fourth-order valence-corrected chi connectivity index (χ4v) is 6.51. The SMILES string of the molecule is CC(=O)N[C@@H]1C[C@@H](O)[C@@H](CO)O[C@H]1OCCCCCCCCCCCCCOC[C@@H](CC(C)(C)C)OP(=O)(O)OC(C)(C)C. The van der Waals surface area contributed by atoms with Crippen LogP contribution in [-0.4, -0.2) is 83.7 Å². The van der Waals surface area contributed by atoms with E-state index in [9.17, 15) is 24.5 Å². The van der Waals surface area contributed by atoms with Crippen molar-refractivity contribution in [1.82, 2.24) is 5.32 Å². The lowest BCUT2D eigenvalue weighted by Crippen LogP contribution is -2.56. The third-order valence-corrected chi connectivity index (χ3v) is 8.50. The van der Waals surface area contributed by atoms with Crippen LogP contribution in [-0.2, 0) is 32.6 Å². The Bertz CT molecular complexity index is 816. The van der Waals surface area contributed by atoms with E-state index in [2.05, 4.69) is 26.1 Å². The number of ether oxygens (including phenoxy) is 3. The Hall–Kier alpha value is -0.620. The summed E-state index contributed by atoms with van der Waals surface area (Å²) in [4.78, 5) is 21.6. The molecule has 4 N–H and O–H groups in total. The molecule has 44 heavy (non-hydrogen) atoms. The highest BCUT2D eigenvalue weighted by atomic mass is 31.2. The topological polar surface area (TPSA) is 153 Å². The van der Waals surface area contributed by atoms with Crippen LogP contribution in [0.15, 0.2) is 0 Å².